The van der Waals surface area contributed by atoms with Crippen molar-refractivity contribution in [3.63, 3.8) is 0 Å². The molecule has 7 N–H and O–H groups in total. The number of rotatable bonds is 8. The molecule has 32 heavy (non-hydrogen) atoms. The lowest BCUT2D eigenvalue weighted by Gasteiger charge is -2.24. The van der Waals surface area contributed by atoms with Crippen molar-refractivity contribution >= 4 is 23.9 Å². The maximum atomic E-state index is 9.60. The first-order valence-electron chi connectivity index (χ1n) is 8.79. The van der Waals surface area contributed by atoms with E-state index in [0.29, 0.717) is 6.42 Å². The van der Waals surface area contributed by atoms with Crippen molar-refractivity contribution in [2.75, 3.05) is 19.8 Å². The zero-order chi connectivity index (χ0) is 27.1. The highest BCUT2D eigenvalue weighted by atomic mass is 16.4. The molecule has 186 valence electrons. The van der Waals surface area contributed by atoms with Gasteiger partial charge in [-0.2, -0.15) is 0 Å². The molecule has 11 nitrogen and oxygen atoms in total. The van der Waals surface area contributed by atoms with Gasteiger partial charge in [-0.15, -0.1) is 0 Å². The lowest BCUT2D eigenvalue weighted by Crippen LogP contribution is -2.32. The number of carboxylic acids is 4. The van der Waals surface area contributed by atoms with Crippen molar-refractivity contribution in [2.45, 2.75) is 34.1 Å². The summed E-state index contributed by atoms with van der Waals surface area (Å²) in [6.07, 6.45) is 1.43. The molecule has 0 aliphatic rings. The van der Waals surface area contributed by atoms with Crippen LogP contribution in [0, 0.1) is 5.41 Å². The minimum absolute atomic E-state index is 0.156. The minimum Gasteiger partial charge on any atom is -0.478 e. The highest BCUT2D eigenvalue weighted by molar-refractivity contribution is 5.85. The monoisotopic (exact) mass is 464 g/mol. The van der Waals surface area contributed by atoms with E-state index >= 15 is 0 Å². The largest absolute Gasteiger partial charge is 0.478 e. The summed E-state index contributed by atoms with van der Waals surface area (Å²) in [6, 6.07) is 0. The van der Waals surface area contributed by atoms with Gasteiger partial charge in [-0.1, -0.05) is 33.2 Å². The minimum atomic E-state index is -0.981. The van der Waals surface area contributed by atoms with Gasteiger partial charge in [0.25, 0.3) is 0 Å². The van der Waals surface area contributed by atoms with Gasteiger partial charge in [0.1, 0.15) is 0 Å². The van der Waals surface area contributed by atoms with Crippen LogP contribution in [0.5, 0.6) is 0 Å². The molecule has 0 saturated carbocycles. The molecule has 0 fully saturated rings. The molecule has 11 heteroatoms. The van der Waals surface area contributed by atoms with Crippen LogP contribution in [0.3, 0.4) is 0 Å². The number of carboxylic acid groups (broad SMARTS) is 4. The number of hydrogen-bond donors (Lipinski definition) is 7. The highest BCUT2D eigenvalue weighted by Crippen LogP contribution is 2.18. The summed E-state index contributed by atoms with van der Waals surface area (Å²) in [7, 11) is 0. The normalized spacial score (nSPS) is 8.59. The van der Waals surface area contributed by atoms with E-state index in [2.05, 4.69) is 26.3 Å². The summed E-state index contributed by atoms with van der Waals surface area (Å²) in [5.74, 6) is -3.79. The predicted octanol–water partition coefficient (Wildman–Crippen LogP) is 1.56. The summed E-state index contributed by atoms with van der Waals surface area (Å²) in [6.45, 7) is 18.1. The van der Waals surface area contributed by atoms with E-state index in [9.17, 15) is 19.2 Å². The van der Waals surface area contributed by atoms with E-state index in [4.69, 9.17) is 35.7 Å². The first-order valence-corrected chi connectivity index (χ1v) is 8.79. The quantitative estimate of drug-likeness (QED) is 0.256. The second-order valence-corrected chi connectivity index (χ2v) is 6.13. The molecule has 0 aliphatic carbocycles. The van der Waals surface area contributed by atoms with E-state index < -0.39 is 29.3 Å². The molecule has 0 aromatic rings. The molecule has 0 radical (unpaired) electrons. The summed E-state index contributed by atoms with van der Waals surface area (Å²) in [5, 5.41) is 57.2. The van der Waals surface area contributed by atoms with Crippen molar-refractivity contribution in [3.05, 3.63) is 49.1 Å². The Balaban J connectivity index is -0.0000000966. The lowest BCUT2D eigenvalue weighted by atomic mass is 9.88. The van der Waals surface area contributed by atoms with Crippen molar-refractivity contribution in [1.82, 2.24) is 0 Å². The third kappa shape index (κ3) is 34.2. The van der Waals surface area contributed by atoms with Gasteiger partial charge >= 0.3 is 23.9 Å². The second kappa shape index (κ2) is 24.0. The Labute approximate surface area is 188 Å². The number of hydrogen-bond acceptors (Lipinski definition) is 7. The molecular formula is C21H36O11. The van der Waals surface area contributed by atoms with Gasteiger partial charge in [-0.05, 0) is 27.2 Å². The van der Waals surface area contributed by atoms with E-state index in [1.54, 1.807) is 0 Å². The maximum absolute atomic E-state index is 9.60. The zero-order valence-corrected chi connectivity index (χ0v) is 19.0. The van der Waals surface area contributed by atoms with Crippen LogP contribution >= 0.6 is 0 Å². The Bertz CT molecular complexity index is 519. The highest BCUT2D eigenvalue weighted by Gasteiger charge is 2.24. The van der Waals surface area contributed by atoms with E-state index in [1.807, 2.05) is 6.92 Å². The Morgan fingerprint density at radius 1 is 0.688 bits per heavy atom. The fourth-order valence-electron chi connectivity index (χ4n) is 0.485. The van der Waals surface area contributed by atoms with Crippen LogP contribution in [0.4, 0.5) is 0 Å². The third-order valence-electron chi connectivity index (χ3n) is 3.03. The molecule has 0 saturated heterocycles. The topological polar surface area (TPSA) is 210 Å². The predicted molar refractivity (Wildman–Crippen MR) is 119 cm³/mol. The number of aliphatic carboxylic acids is 4. The molecule has 0 atom stereocenters. The molecule has 0 rings (SSSR count). The van der Waals surface area contributed by atoms with Crippen molar-refractivity contribution < 1.29 is 54.9 Å². The molecule has 0 amide bonds. The fourth-order valence-corrected chi connectivity index (χ4v) is 0.485. The Hall–Kier alpha value is -3.28. The standard InChI is InChI=1S/C6H14O3.3C4H6O2.C3H4O2/c1-2-6(3-7,4-8)5-9;3*1-3(2)4(5)6;1-2-3(4)5/h7-9H,2-5H2,1H3;3*1H2,2H3,(H,5,6);2H,1H2,(H,4,5). The van der Waals surface area contributed by atoms with Crippen molar-refractivity contribution in [1.29, 1.82) is 0 Å². The smallest absolute Gasteiger partial charge is 0.330 e. The van der Waals surface area contributed by atoms with Gasteiger partial charge in [0.2, 0.25) is 0 Å². The number of aliphatic hydroxyl groups is 3. The van der Waals surface area contributed by atoms with E-state index in [0.717, 1.165) is 6.08 Å². The molecule has 0 aromatic carbocycles. The number of aliphatic hydroxyl groups excluding tert-OH is 3. The van der Waals surface area contributed by atoms with Crippen LogP contribution in [-0.2, 0) is 19.2 Å². The van der Waals surface area contributed by atoms with Crippen LogP contribution in [0.25, 0.3) is 0 Å². The van der Waals surface area contributed by atoms with Gasteiger partial charge < -0.3 is 35.7 Å². The molecule has 0 unspecified atom stereocenters. The Morgan fingerprint density at radius 2 is 0.844 bits per heavy atom. The molecule has 0 aromatic heterocycles. The third-order valence-corrected chi connectivity index (χ3v) is 3.03. The summed E-state index contributed by atoms with van der Waals surface area (Å²) in [5.41, 5.74) is -0.139. The summed E-state index contributed by atoms with van der Waals surface area (Å²) in [4.78, 5) is 38.0. The Kier molecular flexibility index (Phi) is 29.4. The van der Waals surface area contributed by atoms with E-state index in [1.165, 1.54) is 20.8 Å². The Morgan fingerprint density at radius 3 is 0.844 bits per heavy atom. The molecule has 0 spiro atoms. The summed E-state index contributed by atoms with van der Waals surface area (Å²) < 4.78 is 0. The average molecular weight is 465 g/mol. The van der Waals surface area contributed by atoms with Crippen molar-refractivity contribution in [2.24, 2.45) is 5.41 Å². The first kappa shape index (κ1) is 39.2. The maximum Gasteiger partial charge on any atom is 0.330 e. The van der Waals surface area contributed by atoms with Crippen LogP contribution in [0.2, 0.25) is 0 Å². The SMILES string of the molecule is C=C(C)C(=O)O.C=C(C)C(=O)O.C=C(C)C(=O)O.C=CC(=O)O.CCC(CO)(CO)CO. The van der Waals surface area contributed by atoms with E-state index in [-0.39, 0.29) is 36.5 Å². The lowest BCUT2D eigenvalue weighted by molar-refractivity contribution is -0.133. The number of carbonyl (C=O) groups is 4. The van der Waals surface area contributed by atoms with Crippen molar-refractivity contribution in [3.8, 4) is 0 Å². The molecule has 0 heterocycles. The van der Waals surface area contributed by atoms with Gasteiger partial charge in [-0.3, -0.25) is 0 Å². The second-order valence-electron chi connectivity index (χ2n) is 6.13. The summed E-state index contributed by atoms with van der Waals surface area (Å²) >= 11 is 0. The van der Waals surface area contributed by atoms with Gasteiger partial charge in [0.05, 0.1) is 19.8 Å². The fraction of sp³-hybridized carbons (Fsp3) is 0.429. The van der Waals surface area contributed by atoms with Gasteiger partial charge in [0.15, 0.2) is 0 Å². The van der Waals surface area contributed by atoms with Crippen LogP contribution in [0.1, 0.15) is 34.1 Å². The molecule has 0 bridgehead atoms. The van der Waals surface area contributed by atoms with Gasteiger partial charge in [-0.25, -0.2) is 19.2 Å². The molecular weight excluding hydrogens is 428 g/mol. The van der Waals surface area contributed by atoms with Crippen LogP contribution in [-0.4, -0.2) is 79.4 Å². The zero-order valence-electron chi connectivity index (χ0n) is 19.0. The van der Waals surface area contributed by atoms with Crippen LogP contribution in [0.15, 0.2) is 49.1 Å². The average Bonchev–Trinajstić information content (AvgIpc) is 2.71. The van der Waals surface area contributed by atoms with Crippen LogP contribution < -0.4 is 0 Å². The first-order chi connectivity index (χ1) is 14.4. The molecule has 0 aliphatic heterocycles. The van der Waals surface area contributed by atoms with Gasteiger partial charge in [0, 0.05) is 28.2 Å².